The van der Waals surface area contributed by atoms with E-state index in [0.29, 0.717) is 45.0 Å². The molecule has 7 rings (SSSR count). The Hall–Kier alpha value is -1.99. The van der Waals surface area contributed by atoms with Gasteiger partial charge in [-0.25, -0.2) is 0 Å². The Morgan fingerprint density at radius 3 is 2.44 bits per heavy atom. The number of rotatable bonds is 8. The van der Waals surface area contributed by atoms with Crippen LogP contribution < -0.4 is 10.1 Å². The number of halogens is 3. The zero-order valence-electron chi connectivity index (χ0n) is 21.7. The predicted octanol–water partition coefficient (Wildman–Crippen LogP) is 5.67. The van der Waals surface area contributed by atoms with Crippen LogP contribution in [-0.4, -0.2) is 46.6 Å². The molecule has 39 heavy (non-hydrogen) atoms. The van der Waals surface area contributed by atoms with Crippen LogP contribution in [0.3, 0.4) is 0 Å². The average Bonchev–Trinajstić information content (AvgIpc) is 3.22. The fourth-order valence-corrected chi connectivity index (χ4v) is 8.54. The molecule has 4 bridgehead atoms. The van der Waals surface area contributed by atoms with Crippen molar-refractivity contribution >= 4 is 46.6 Å². The second kappa shape index (κ2) is 10.8. The summed E-state index contributed by atoms with van der Waals surface area (Å²) in [7, 11) is 0. The zero-order chi connectivity index (χ0) is 27.3. The van der Waals surface area contributed by atoms with E-state index in [-0.39, 0.29) is 36.9 Å². The van der Waals surface area contributed by atoms with E-state index in [9.17, 15) is 14.7 Å². The Balaban J connectivity index is 1.01. The summed E-state index contributed by atoms with van der Waals surface area (Å²) in [6, 6.07) is 10.8. The van der Waals surface area contributed by atoms with E-state index < -0.39 is 5.60 Å². The normalized spacial score (nSPS) is 31.1. The third-order valence-corrected chi connectivity index (χ3v) is 10.2. The van der Waals surface area contributed by atoms with Crippen LogP contribution >= 0.6 is 34.8 Å². The molecule has 9 heteroatoms. The molecule has 2 N–H and O–H groups in total. The number of aliphatic hydroxyl groups is 1. The lowest BCUT2D eigenvalue weighted by molar-refractivity contribution is -0.168. The lowest BCUT2D eigenvalue weighted by Gasteiger charge is -2.59. The maximum atomic E-state index is 13.5. The molecule has 2 aromatic rings. The standard InChI is InChI=1S/C30H33Cl3N2O4/c31-23-3-1-20(25(32)10-23)15-34-27(36)16-39-24-4-2-18(26(33)11-24)9-19-5-6-35(29(19)37)28-21-7-17-8-22(28)14-30(38,12-17)13-21/h1-4,10-11,17,19,21-22,28,38H,5-9,12-16H2,(H,34,36). The van der Waals surface area contributed by atoms with Gasteiger partial charge >= 0.3 is 0 Å². The summed E-state index contributed by atoms with van der Waals surface area (Å²) in [5.41, 5.74) is 1.19. The van der Waals surface area contributed by atoms with Gasteiger partial charge in [0.2, 0.25) is 5.91 Å². The van der Waals surface area contributed by atoms with Crippen LogP contribution in [0.25, 0.3) is 0 Å². The highest BCUT2D eigenvalue weighted by Gasteiger charge is 2.57. The van der Waals surface area contributed by atoms with Crippen LogP contribution in [-0.2, 0) is 22.6 Å². The number of nitrogens with zero attached hydrogens (tertiary/aromatic N) is 1. The molecule has 1 aliphatic heterocycles. The number of benzene rings is 2. The van der Waals surface area contributed by atoms with E-state index >= 15 is 0 Å². The first-order valence-electron chi connectivity index (χ1n) is 13.8. The van der Waals surface area contributed by atoms with Crippen molar-refractivity contribution in [3.05, 3.63) is 62.6 Å². The smallest absolute Gasteiger partial charge is 0.258 e. The lowest BCUT2D eigenvalue weighted by Crippen LogP contribution is -2.62. The summed E-state index contributed by atoms with van der Waals surface area (Å²) in [4.78, 5) is 27.9. The molecule has 208 valence electrons. The molecular weight excluding hydrogens is 559 g/mol. The van der Waals surface area contributed by atoms with Gasteiger partial charge in [-0.2, -0.15) is 0 Å². The van der Waals surface area contributed by atoms with Gasteiger partial charge in [0.1, 0.15) is 5.75 Å². The van der Waals surface area contributed by atoms with Gasteiger partial charge in [-0.3, -0.25) is 9.59 Å². The molecule has 1 heterocycles. The minimum absolute atomic E-state index is 0.0833. The largest absolute Gasteiger partial charge is 0.484 e. The number of ether oxygens (including phenoxy) is 1. The number of carbonyl (C=O) groups excluding carboxylic acids is 2. The number of likely N-dealkylation sites (tertiary alicyclic amines) is 1. The Labute approximate surface area is 243 Å². The quantitative estimate of drug-likeness (QED) is 0.415. The van der Waals surface area contributed by atoms with Gasteiger partial charge in [0.05, 0.1) is 5.60 Å². The first kappa shape index (κ1) is 27.2. The third-order valence-electron chi connectivity index (χ3n) is 9.25. The summed E-state index contributed by atoms with van der Waals surface area (Å²) >= 11 is 18.7. The van der Waals surface area contributed by atoms with Gasteiger partial charge in [-0.15, -0.1) is 0 Å². The minimum Gasteiger partial charge on any atom is -0.484 e. The summed E-state index contributed by atoms with van der Waals surface area (Å²) in [5.74, 6) is 1.86. The van der Waals surface area contributed by atoms with Crippen LogP contribution in [0.2, 0.25) is 15.1 Å². The Morgan fingerprint density at radius 2 is 1.74 bits per heavy atom. The summed E-state index contributed by atoms with van der Waals surface area (Å²) in [6.45, 7) is 0.907. The zero-order valence-corrected chi connectivity index (χ0v) is 23.9. The number of hydrogen-bond acceptors (Lipinski definition) is 4. The molecule has 5 aliphatic rings. The van der Waals surface area contributed by atoms with Crippen molar-refractivity contribution in [2.24, 2.45) is 23.7 Å². The Kier molecular flexibility index (Phi) is 7.51. The molecule has 0 aromatic heterocycles. The van der Waals surface area contributed by atoms with Gasteiger partial charge in [0.15, 0.2) is 6.61 Å². The Bertz CT molecular complexity index is 1270. The lowest BCUT2D eigenvalue weighted by atomic mass is 9.52. The summed E-state index contributed by atoms with van der Waals surface area (Å²) in [5, 5.41) is 15.3. The number of carbonyl (C=O) groups is 2. The molecule has 5 fully saturated rings. The second-order valence-corrected chi connectivity index (χ2v) is 13.2. The SMILES string of the molecule is O=C(COc1ccc(CC2CCN(C3C4CC5CC3CC(O)(C5)C4)C2=O)c(Cl)c1)NCc1ccc(Cl)cc1Cl. The van der Waals surface area contributed by atoms with Crippen LogP contribution in [0.4, 0.5) is 0 Å². The highest BCUT2D eigenvalue weighted by molar-refractivity contribution is 6.35. The van der Waals surface area contributed by atoms with Gasteiger partial charge < -0.3 is 20.1 Å². The van der Waals surface area contributed by atoms with Crippen molar-refractivity contribution in [3.8, 4) is 5.75 Å². The monoisotopic (exact) mass is 590 g/mol. The molecular formula is C30H33Cl3N2O4. The van der Waals surface area contributed by atoms with Crippen molar-refractivity contribution < 1.29 is 19.4 Å². The van der Waals surface area contributed by atoms with Crippen LogP contribution in [0.1, 0.15) is 49.7 Å². The first-order valence-corrected chi connectivity index (χ1v) is 15.0. The molecule has 0 spiro atoms. The van der Waals surface area contributed by atoms with E-state index in [0.717, 1.165) is 56.2 Å². The van der Waals surface area contributed by atoms with Gasteiger partial charge in [-0.1, -0.05) is 46.9 Å². The summed E-state index contributed by atoms with van der Waals surface area (Å²) in [6.07, 6.45) is 6.36. The van der Waals surface area contributed by atoms with Gasteiger partial charge in [0.25, 0.3) is 5.91 Å². The van der Waals surface area contributed by atoms with Gasteiger partial charge in [-0.05, 0) is 98.1 Å². The number of nitrogens with one attached hydrogen (secondary N) is 1. The molecule has 4 saturated carbocycles. The molecule has 3 atom stereocenters. The van der Waals surface area contributed by atoms with Gasteiger partial charge in [0, 0.05) is 40.1 Å². The van der Waals surface area contributed by atoms with Crippen LogP contribution in [0.5, 0.6) is 5.75 Å². The second-order valence-electron chi connectivity index (χ2n) is 12.0. The maximum absolute atomic E-state index is 13.5. The highest BCUT2D eigenvalue weighted by atomic mass is 35.5. The number of amides is 2. The fourth-order valence-electron chi connectivity index (χ4n) is 7.82. The fraction of sp³-hybridized carbons (Fsp3) is 0.533. The minimum atomic E-state index is -0.488. The van der Waals surface area contributed by atoms with Crippen molar-refractivity contribution in [2.45, 2.75) is 63.1 Å². The van der Waals surface area contributed by atoms with Crippen molar-refractivity contribution in [1.29, 1.82) is 0 Å². The topological polar surface area (TPSA) is 78.9 Å². The Morgan fingerprint density at radius 1 is 1.03 bits per heavy atom. The number of hydrogen-bond donors (Lipinski definition) is 2. The van der Waals surface area contributed by atoms with E-state index in [4.69, 9.17) is 39.5 Å². The molecule has 2 amide bonds. The maximum Gasteiger partial charge on any atom is 0.258 e. The molecule has 1 saturated heterocycles. The summed E-state index contributed by atoms with van der Waals surface area (Å²) < 4.78 is 5.65. The van der Waals surface area contributed by atoms with E-state index in [1.165, 1.54) is 0 Å². The third kappa shape index (κ3) is 5.63. The van der Waals surface area contributed by atoms with Crippen molar-refractivity contribution in [3.63, 3.8) is 0 Å². The molecule has 6 nitrogen and oxygen atoms in total. The first-order chi connectivity index (χ1) is 18.7. The van der Waals surface area contributed by atoms with E-state index in [1.54, 1.807) is 30.3 Å². The predicted molar refractivity (Wildman–Crippen MR) is 151 cm³/mol. The molecule has 4 aliphatic carbocycles. The molecule has 0 radical (unpaired) electrons. The van der Waals surface area contributed by atoms with Crippen molar-refractivity contribution in [1.82, 2.24) is 10.2 Å². The van der Waals surface area contributed by atoms with E-state index in [1.807, 2.05) is 6.07 Å². The van der Waals surface area contributed by atoms with Crippen LogP contribution in [0, 0.1) is 23.7 Å². The molecule has 3 unspecified atom stereocenters. The van der Waals surface area contributed by atoms with E-state index in [2.05, 4.69) is 10.2 Å². The van der Waals surface area contributed by atoms with Crippen molar-refractivity contribution in [2.75, 3.05) is 13.2 Å². The molecule has 2 aromatic carbocycles. The highest BCUT2D eigenvalue weighted by Crippen LogP contribution is 2.57. The van der Waals surface area contributed by atoms with Crippen LogP contribution in [0.15, 0.2) is 36.4 Å². The average molecular weight is 592 g/mol.